The highest BCUT2D eigenvalue weighted by Crippen LogP contribution is 2.40. The van der Waals surface area contributed by atoms with Gasteiger partial charge in [-0.15, -0.1) is 0 Å². The van der Waals surface area contributed by atoms with Crippen LogP contribution in [0, 0.1) is 5.82 Å². The van der Waals surface area contributed by atoms with E-state index in [9.17, 15) is 22.7 Å². The van der Waals surface area contributed by atoms with Gasteiger partial charge >= 0.3 is 6.18 Å². The highest BCUT2D eigenvalue weighted by molar-refractivity contribution is 5.31. The van der Waals surface area contributed by atoms with Gasteiger partial charge in [-0.05, 0) is 30.9 Å². The molecule has 0 radical (unpaired) electrons. The van der Waals surface area contributed by atoms with E-state index in [-0.39, 0.29) is 5.92 Å². The molecule has 18 heavy (non-hydrogen) atoms. The van der Waals surface area contributed by atoms with Crippen LogP contribution in [0.5, 0.6) is 0 Å². The molecule has 2 unspecified atom stereocenters. The van der Waals surface area contributed by atoms with Gasteiger partial charge in [0.25, 0.3) is 0 Å². The first-order chi connectivity index (χ1) is 8.11. The van der Waals surface area contributed by atoms with Crippen LogP contribution in [0.15, 0.2) is 18.2 Å². The highest BCUT2D eigenvalue weighted by atomic mass is 19.4. The first-order valence-electron chi connectivity index (χ1n) is 5.70. The van der Waals surface area contributed by atoms with Gasteiger partial charge in [0, 0.05) is 5.56 Å². The molecule has 0 aromatic heterocycles. The zero-order valence-corrected chi connectivity index (χ0v) is 10.5. The van der Waals surface area contributed by atoms with Gasteiger partial charge in [-0.1, -0.05) is 26.0 Å². The third kappa shape index (κ3) is 2.66. The molecule has 1 N–H and O–H groups in total. The Morgan fingerprint density at radius 2 is 1.83 bits per heavy atom. The summed E-state index contributed by atoms with van der Waals surface area (Å²) < 4.78 is 51.5. The van der Waals surface area contributed by atoms with Crippen LogP contribution in [0.1, 0.15) is 44.2 Å². The maximum atomic E-state index is 13.7. The maximum absolute atomic E-state index is 13.7. The number of rotatable bonds is 3. The maximum Gasteiger partial charge on any atom is 0.421 e. The molecule has 0 saturated heterocycles. The minimum Gasteiger partial charge on any atom is -0.376 e. The average molecular weight is 264 g/mol. The summed E-state index contributed by atoms with van der Waals surface area (Å²) in [5.74, 6) is -0.973. The van der Waals surface area contributed by atoms with Gasteiger partial charge in [0.1, 0.15) is 5.82 Å². The minimum atomic E-state index is -4.91. The van der Waals surface area contributed by atoms with E-state index in [1.807, 2.05) is 13.8 Å². The number of aliphatic hydroxyl groups is 1. The van der Waals surface area contributed by atoms with Crippen LogP contribution in [-0.4, -0.2) is 11.3 Å². The summed E-state index contributed by atoms with van der Waals surface area (Å²) in [5.41, 5.74) is -3.30. The molecule has 0 heterocycles. The molecule has 0 spiro atoms. The summed E-state index contributed by atoms with van der Waals surface area (Å²) in [7, 11) is 0. The van der Waals surface area contributed by atoms with Crippen molar-refractivity contribution < 1.29 is 22.7 Å². The monoisotopic (exact) mass is 264 g/mol. The third-order valence-electron chi connectivity index (χ3n) is 3.25. The van der Waals surface area contributed by atoms with Crippen molar-refractivity contribution in [2.75, 3.05) is 0 Å². The van der Waals surface area contributed by atoms with Crippen molar-refractivity contribution in [1.82, 2.24) is 0 Å². The summed E-state index contributed by atoms with van der Waals surface area (Å²) in [6.07, 6.45) is -4.15. The Balaban J connectivity index is 3.22. The first-order valence-corrected chi connectivity index (χ1v) is 5.70. The Labute approximate surface area is 103 Å². The van der Waals surface area contributed by atoms with E-state index in [4.69, 9.17) is 0 Å². The SMILES string of the molecule is CCC(C)c1ccc(C(C)(O)C(F)(F)F)c(F)c1. The lowest BCUT2D eigenvalue weighted by atomic mass is 9.91. The Kier molecular flexibility index (Phi) is 4.05. The Morgan fingerprint density at radius 3 is 2.22 bits per heavy atom. The molecule has 1 aromatic carbocycles. The fourth-order valence-corrected chi connectivity index (χ4v) is 1.62. The number of halogens is 4. The molecule has 1 rings (SSSR count). The van der Waals surface area contributed by atoms with Crippen molar-refractivity contribution in [3.8, 4) is 0 Å². The van der Waals surface area contributed by atoms with Gasteiger partial charge in [0.2, 0.25) is 0 Å². The lowest BCUT2D eigenvalue weighted by Gasteiger charge is -2.27. The molecule has 102 valence electrons. The van der Waals surface area contributed by atoms with Crippen molar-refractivity contribution in [3.63, 3.8) is 0 Å². The van der Waals surface area contributed by atoms with Crippen molar-refractivity contribution in [2.24, 2.45) is 0 Å². The molecule has 0 amide bonds. The fraction of sp³-hybridized carbons (Fsp3) is 0.538. The van der Waals surface area contributed by atoms with Crippen LogP contribution in [0.3, 0.4) is 0 Å². The minimum absolute atomic E-state index is 0.0596. The quantitative estimate of drug-likeness (QED) is 0.814. The van der Waals surface area contributed by atoms with Crippen LogP contribution < -0.4 is 0 Å². The first kappa shape index (κ1) is 15.0. The second-order valence-electron chi connectivity index (χ2n) is 4.62. The van der Waals surface area contributed by atoms with Crippen LogP contribution in [0.25, 0.3) is 0 Å². The average Bonchev–Trinajstić information content (AvgIpc) is 2.25. The summed E-state index contributed by atoms with van der Waals surface area (Å²) in [5, 5.41) is 9.42. The molecule has 0 saturated carbocycles. The highest BCUT2D eigenvalue weighted by Gasteiger charge is 2.52. The molecule has 0 aliphatic carbocycles. The predicted octanol–water partition coefficient (Wildman–Crippen LogP) is 4.11. The van der Waals surface area contributed by atoms with Gasteiger partial charge in [-0.25, -0.2) is 4.39 Å². The normalized spacial score (nSPS) is 17.3. The zero-order chi connectivity index (χ0) is 14.1. The molecule has 0 bridgehead atoms. The number of alkyl halides is 3. The largest absolute Gasteiger partial charge is 0.421 e. The Hall–Kier alpha value is -1.10. The predicted molar refractivity (Wildman–Crippen MR) is 60.7 cm³/mol. The van der Waals surface area contributed by atoms with Crippen LogP contribution in [-0.2, 0) is 5.60 Å². The molecular formula is C13H16F4O. The third-order valence-corrected chi connectivity index (χ3v) is 3.25. The molecule has 1 aromatic rings. The standard InChI is InChI=1S/C13H16F4O/c1-4-8(2)9-5-6-10(11(14)7-9)12(3,18)13(15,16)17/h5-8,18H,4H2,1-3H3. The lowest BCUT2D eigenvalue weighted by molar-refractivity contribution is -0.259. The molecule has 0 aliphatic heterocycles. The Bertz CT molecular complexity index is 423. The van der Waals surface area contributed by atoms with E-state index in [1.165, 1.54) is 6.07 Å². The number of benzene rings is 1. The van der Waals surface area contributed by atoms with Crippen molar-refractivity contribution in [2.45, 2.75) is 44.9 Å². The van der Waals surface area contributed by atoms with E-state index in [0.717, 1.165) is 18.6 Å². The van der Waals surface area contributed by atoms with Crippen LogP contribution in [0.4, 0.5) is 17.6 Å². The fourth-order valence-electron chi connectivity index (χ4n) is 1.62. The van der Waals surface area contributed by atoms with Gasteiger partial charge < -0.3 is 5.11 Å². The molecule has 2 atom stereocenters. The summed E-state index contributed by atoms with van der Waals surface area (Å²) in [6, 6.07) is 3.49. The van der Waals surface area contributed by atoms with Gasteiger partial charge in [-0.2, -0.15) is 13.2 Å². The van der Waals surface area contributed by atoms with E-state index in [2.05, 4.69) is 0 Å². The van der Waals surface area contributed by atoms with E-state index >= 15 is 0 Å². The van der Waals surface area contributed by atoms with E-state index in [0.29, 0.717) is 12.5 Å². The number of hydrogen-bond donors (Lipinski definition) is 1. The summed E-state index contributed by atoms with van der Waals surface area (Å²) in [4.78, 5) is 0. The molecule has 1 nitrogen and oxygen atoms in total. The van der Waals surface area contributed by atoms with Crippen molar-refractivity contribution >= 4 is 0 Å². The van der Waals surface area contributed by atoms with Gasteiger partial charge in [0.15, 0.2) is 5.60 Å². The topological polar surface area (TPSA) is 20.2 Å². The summed E-state index contributed by atoms with van der Waals surface area (Å²) in [6.45, 7) is 4.31. The van der Waals surface area contributed by atoms with Crippen molar-refractivity contribution in [3.05, 3.63) is 35.1 Å². The molecule has 0 aliphatic rings. The van der Waals surface area contributed by atoms with Gasteiger partial charge in [0.05, 0.1) is 0 Å². The van der Waals surface area contributed by atoms with Crippen molar-refractivity contribution in [1.29, 1.82) is 0 Å². The molecule has 0 fully saturated rings. The molecular weight excluding hydrogens is 248 g/mol. The summed E-state index contributed by atoms with van der Waals surface area (Å²) >= 11 is 0. The smallest absolute Gasteiger partial charge is 0.376 e. The zero-order valence-electron chi connectivity index (χ0n) is 10.5. The van der Waals surface area contributed by atoms with E-state index < -0.39 is 23.2 Å². The Morgan fingerprint density at radius 1 is 1.28 bits per heavy atom. The number of hydrogen-bond acceptors (Lipinski definition) is 1. The lowest BCUT2D eigenvalue weighted by Crippen LogP contribution is -2.40. The van der Waals surface area contributed by atoms with Gasteiger partial charge in [-0.3, -0.25) is 0 Å². The van der Waals surface area contributed by atoms with Crippen LogP contribution >= 0.6 is 0 Å². The molecule has 5 heteroatoms. The second-order valence-corrected chi connectivity index (χ2v) is 4.62. The second kappa shape index (κ2) is 4.88. The van der Waals surface area contributed by atoms with E-state index in [1.54, 1.807) is 0 Å². The van der Waals surface area contributed by atoms with Crippen LogP contribution in [0.2, 0.25) is 0 Å².